The van der Waals surface area contributed by atoms with E-state index in [2.05, 4.69) is 37.4 Å². The lowest BCUT2D eigenvalue weighted by Crippen LogP contribution is -2.00. The van der Waals surface area contributed by atoms with Crippen LogP contribution in [0.4, 0.5) is 17.1 Å². The summed E-state index contributed by atoms with van der Waals surface area (Å²) >= 11 is 0. The summed E-state index contributed by atoms with van der Waals surface area (Å²) in [5.41, 5.74) is 6.93. The molecule has 0 bridgehead atoms. The van der Waals surface area contributed by atoms with Gasteiger partial charge in [0, 0.05) is 16.8 Å². The van der Waals surface area contributed by atoms with Gasteiger partial charge in [-0.1, -0.05) is 57.7 Å². The van der Waals surface area contributed by atoms with E-state index in [9.17, 15) is 4.79 Å². The predicted octanol–water partition coefficient (Wildman–Crippen LogP) is 7.37. The Balaban J connectivity index is 0.000000264. The Morgan fingerprint density at radius 3 is 2.29 bits per heavy atom. The molecule has 0 atom stereocenters. The number of benzene rings is 3. The zero-order chi connectivity index (χ0) is 21.5. The molecular formula is C27H32N2O2. The van der Waals surface area contributed by atoms with E-state index >= 15 is 0 Å². The number of carbonyl (C=O) groups excluding carboxylic acids is 1. The topological polar surface area (TPSA) is 50.7 Å². The standard InChI is InChI=1S/C17H16N2O.C9H12O.CH4/c1-3-14-13-6-4-5-7-15(13)19-16-9-8-12(11(2)20)10-17(16)18-14;1-3-8-6-4-5-7-9(8)10-2;/h4-10,19H,3H2,1-2H3;4-7H,3H2,1-2H3;1H4. The van der Waals surface area contributed by atoms with Crippen LogP contribution < -0.4 is 10.1 Å². The van der Waals surface area contributed by atoms with Crippen LogP contribution in [0.1, 0.15) is 56.1 Å². The van der Waals surface area contributed by atoms with Crippen LogP contribution >= 0.6 is 0 Å². The minimum atomic E-state index is 0. The quantitative estimate of drug-likeness (QED) is 0.452. The van der Waals surface area contributed by atoms with E-state index in [4.69, 9.17) is 9.73 Å². The molecule has 0 amide bonds. The summed E-state index contributed by atoms with van der Waals surface area (Å²) in [5.74, 6) is 1.05. The predicted molar refractivity (Wildman–Crippen MR) is 132 cm³/mol. The summed E-state index contributed by atoms with van der Waals surface area (Å²) in [5, 5.41) is 3.41. The SMILES string of the molecule is C.CCC1=Nc2cc(C(C)=O)ccc2Nc2ccccc21.CCc1ccccc1OC. The van der Waals surface area contributed by atoms with Gasteiger partial charge in [0.25, 0.3) is 0 Å². The molecule has 0 fully saturated rings. The van der Waals surface area contributed by atoms with Crippen LogP contribution in [0.15, 0.2) is 71.7 Å². The van der Waals surface area contributed by atoms with Crippen molar-refractivity contribution in [2.45, 2.75) is 41.0 Å². The number of methoxy groups -OCH3 is 1. The van der Waals surface area contributed by atoms with Gasteiger partial charge < -0.3 is 10.1 Å². The molecule has 0 unspecified atom stereocenters. The van der Waals surface area contributed by atoms with Gasteiger partial charge in [0.15, 0.2) is 5.78 Å². The van der Waals surface area contributed by atoms with Crippen LogP contribution in [0.25, 0.3) is 0 Å². The van der Waals surface area contributed by atoms with Crippen molar-refractivity contribution in [2.75, 3.05) is 12.4 Å². The van der Waals surface area contributed by atoms with E-state index in [-0.39, 0.29) is 13.2 Å². The summed E-state index contributed by atoms with van der Waals surface area (Å²) in [4.78, 5) is 16.3. The molecular weight excluding hydrogens is 384 g/mol. The number of ether oxygens (including phenoxy) is 1. The number of aryl methyl sites for hydroxylation is 1. The van der Waals surface area contributed by atoms with Crippen LogP contribution in [-0.4, -0.2) is 18.6 Å². The minimum Gasteiger partial charge on any atom is -0.496 e. The second kappa shape index (κ2) is 11.1. The Kier molecular flexibility index (Phi) is 8.56. The number of ketones is 1. The largest absolute Gasteiger partial charge is 0.496 e. The van der Waals surface area contributed by atoms with Crippen LogP contribution in [0.2, 0.25) is 0 Å². The molecule has 162 valence electrons. The van der Waals surface area contributed by atoms with Crippen LogP contribution in [0, 0.1) is 0 Å². The number of nitrogens with one attached hydrogen (secondary N) is 1. The average molecular weight is 417 g/mol. The van der Waals surface area contributed by atoms with Gasteiger partial charge in [0.05, 0.1) is 24.2 Å². The van der Waals surface area contributed by atoms with E-state index in [1.807, 2.05) is 48.5 Å². The fraction of sp³-hybridized carbons (Fsp3) is 0.259. The molecule has 31 heavy (non-hydrogen) atoms. The first-order valence-electron chi connectivity index (χ1n) is 10.3. The van der Waals surface area contributed by atoms with E-state index in [0.29, 0.717) is 5.56 Å². The molecule has 0 saturated heterocycles. The Morgan fingerprint density at radius 1 is 0.935 bits per heavy atom. The number of para-hydroxylation sites is 2. The molecule has 0 aromatic heterocycles. The third kappa shape index (κ3) is 5.60. The Labute approximate surface area is 186 Å². The fourth-order valence-electron chi connectivity index (χ4n) is 3.41. The minimum absolute atomic E-state index is 0. The monoisotopic (exact) mass is 416 g/mol. The van der Waals surface area contributed by atoms with Gasteiger partial charge >= 0.3 is 0 Å². The first kappa shape index (κ1) is 23.9. The molecule has 1 N–H and O–H groups in total. The van der Waals surface area contributed by atoms with Crippen molar-refractivity contribution < 1.29 is 9.53 Å². The van der Waals surface area contributed by atoms with Crippen LogP contribution in [0.3, 0.4) is 0 Å². The number of hydrogen-bond donors (Lipinski definition) is 1. The first-order valence-corrected chi connectivity index (χ1v) is 10.3. The van der Waals surface area contributed by atoms with Crippen LogP contribution in [-0.2, 0) is 6.42 Å². The summed E-state index contributed by atoms with van der Waals surface area (Å²) in [6.07, 6.45) is 1.88. The van der Waals surface area contributed by atoms with Gasteiger partial charge in [-0.15, -0.1) is 0 Å². The molecule has 3 aromatic rings. The lowest BCUT2D eigenvalue weighted by molar-refractivity contribution is 0.101. The molecule has 4 heteroatoms. The molecule has 0 aliphatic carbocycles. The maximum absolute atomic E-state index is 11.5. The van der Waals surface area contributed by atoms with Crippen molar-refractivity contribution in [3.05, 3.63) is 83.4 Å². The summed E-state index contributed by atoms with van der Waals surface area (Å²) in [7, 11) is 1.70. The fourth-order valence-corrected chi connectivity index (χ4v) is 3.41. The molecule has 4 nitrogen and oxygen atoms in total. The zero-order valence-corrected chi connectivity index (χ0v) is 18.0. The Bertz CT molecular complexity index is 1050. The second-order valence-corrected chi connectivity index (χ2v) is 7.04. The van der Waals surface area contributed by atoms with E-state index in [0.717, 1.165) is 46.9 Å². The highest BCUT2D eigenvalue weighted by Gasteiger charge is 2.15. The van der Waals surface area contributed by atoms with Gasteiger partial charge in [-0.25, -0.2) is 0 Å². The highest BCUT2D eigenvalue weighted by molar-refractivity contribution is 6.09. The molecule has 3 aromatic carbocycles. The third-order valence-corrected chi connectivity index (χ3v) is 5.08. The molecule has 0 saturated carbocycles. The maximum Gasteiger partial charge on any atom is 0.159 e. The van der Waals surface area contributed by atoms with Crippen molar-refractivity contribution in [2.24, 2.45) is 4.99 Å². The summed E-state index contributed by atoms with van der Waals surface area (Å²) in [6, 6.07) is 21.8. The van der Waals surface area contributed by atoms with Gasteiger partial charge in [-0.3, -0.25) is 9.79 Å². The van der Waals surface area contributed by atoms with E-state index < -0.39 is 0 Å². The molecule has 4 rings (SSSR count). The highest BCUT2D eigenvalue weighted by atomic mass is 16.5. The Hall–Kier alpha value is -3.40. The van der Waals surface area contributed by atoms with Gasteiger partial charge in [0.1, 0.15) is 5.75 Å². The van der Waals surface area contributed by atoms with Gasteiger partial charge in [0.2, 0.25) is 0 Å². The van der Waals surface area contributed by atoms with Gasteiger partial charge in [-0.2, -0.15) is 0 Å². The number of aliphatic imine (C=N–C) groups is 1. The van der Waals surface area contributed by atoms with Crippen molar-refractivity contribution >= 4 is 28.6 Å². The van der Waals surface area contributed by atoms with Crippen molar-refractivity contribution in [1.29, 1.82) is 0 Å². The van der Waals surface area contributed by atoms with Crippen molar-refractivity contribution in [3.8, 4) is 5.75 Å². The normalized spacial score (nSPS) is 11.2. The Morgan fingerprint density at radius 2 is 1.65 bits per heavy atom. The summed E-state index contributed by atoms with van der Waals surface area (Å²) in [6.45, 7) is 5.79. The van der Waals surface area contributed by atoms with Gasteiger partial charge in [-0.05, 0) is 55.7 Å². The zero-order valence-electron chi connectivity index (χ0n) is 18.0. The van der Waals surface area contributed by atoms with Crippen molar-refractivity contribution in [3.63, 3.8) is 0 Å². The smallest absolute Gasteiger partial charge is 0.159 e. The molecule has 0 spiro atoms. The number of fused-ring (bicyclic) bond motifs is 2. The molecule has 1 aliphatic rings. The first-order chi connectivity index (χ1) is 14.6. The average Bonchev–Trinajstić information content (AvgIpc) is 2.95. The van der Waals surface area contributed by atoms with E-state index in [1.165, 1.54) is 5.56 Å². The highest BCUT2D eigenvalue weighted by Crippen LogP contribution is 2.35. The van der Waals surface area contributed by atoms with E-state index in [1.54, 1.807) is 14.0 Å². The summed E-state index contributed by atoms with van der Waals surface area (Å²) < 4.78 is 5.14. The lowest BCUT2D eigenvalue weighted by atomic mass is 10.1. The number of hydrogen-bond acceptors (Lipinski definition) is 4. The third-order valence-electron chi connectivity index (χ3n) is 5.08. The molecule has 1 heterocycles. The number of nitrogens with zero attached hydrogens (tertiary/aromatic N) is 1. The second-order valence-electron chi connectivity index (χ2n) is 7.04. The maximum atomic E-state index is 11.5. The van der Waals surface area contributed by atoms with Crippen LogP contribution in [0.5, 0.6) is 5.75 Å². The number of carbonyl (C=O) groups is 1. The molecule has 1 aliphatic heterocycles. The molecule has 0 radical (unpaired) electrons. The lowest BCUT2D eigenvalue weighted by Gasteiger charge is -2.09. The van der Waals surface area contributed by atoms with Crippen molar-refractivity contribution in [1.82, 2.24) is 0 Å². The number of Topliss-reactive ketones (excluding diaryl/α,β-unsaturated/α-hetero) is 1. The number of rotatable bonds is 4. The number of anilines is 2.